The topological polar surface area (TPSA) is 149 Å². The average molecular weight is 359 g/mol. The van der Waals surface area contributed by atoms with Crippen LogP contribution in [0.5, 0.6) is 0 Å². The second-order valence-corrected chi connectivity index (χ2v) is 4.93. The van der Waals surface area contributed by atoms with Gasteiger partial charge < -0.3 is 20.0 Å². The third-order valence-corrected chi connectivity index (χ3v) is 3.53. The Morgan fingerprint density at radius 2 is 1.92 bits per heavy atom. The van der Waals surface area contributed by atoms with Crippen molar-refractivity contribution in [1.29, 1.82) is 0 Å². The molecule has 0 aliphatic heterocycles. The van der Waals surface area contributed by atoms with Gasteiger partial charge >= 0.3 is 17.1 Å². The number of carboxylic acids is 1. The summed E-state index contributed by atoms with van der Waals surface area (Å²) in [4.78, 5) is 50.6. The van der Waals surface area contributed by atoms with E-state index in [0.29, 0.717) is 0 Å². The summed E-state index contributed by atoms with van der Waals surface area (Å²) in [5.74, 6) is -1.11. The molecule has 3 N–H and O–H groups in total. The van der Waals surface area contributed by atoms with Gasteiger partial charge in [-0.2, -0.15) is 0 Å². The summed E-state index contributed by atoms with van der Waals surface area (Å²) in [6.07, 6.45) is 0.240. The summed E-state index contributed by atoms with van der Waals surface area (Å²) in [5, 5.41) is 20.3. The second-order valence-electron chi connectivity index (χ2n) is 4.93. The van der Waals surface area contributed by atoms with Crippen molar-refractivity contribution in [1.82, 2.24) is 9.97 Å². The molecule has 2 aromatic rings. The first-order valence-corrected chi connectivity index (χ1v) is 6.66. The van der Waals surface area contributed by atoms with Gasteiger partial charge in [0, 0.05) is 19.2 Å². The van der Waals surface area contributed by atoms with Crippen LogP contribution in [0.15, 0.2) is 21.7 Å². The molecule has 0 saturated heterocycles. The zero-order chi connectivity index (χ0) is 17.3. The summed E-state index contributed by atoms with van der Waals surface area (Å²) < 4.78 is 0. The summed E-state index contributed by atoms with van der Waals surface area (Å²) in [5.41, 5.74) is -1.89. The minimum atomic E-state index is -1.11. The number of carboxylic acid groups (broad SMARTS) is 1. The molecule has 1 atom stereocenters. The van der Waals surface area contributed by atoms with Gasteiger partial charge in [0.1, 0.15) is 6.04 Å². The number of nitro groups is 1. The fraction of sp³-hybridized carbons (Fsp3) is 0.308. The van der Waals surface area contributed by atoms with Crippen molar-refractivity contribution in [3.63, 3.8) is 0 Å². The van der Waals surface area contributed by atoms with Crippen molar-refractivity contribution in [3.8, 4) is 0 Å². The predicted molar refractivity (Wildman–Crippen MR) is 89.2 cm³/mol. The molecule has 24 heavy (non-hydrogen) atoms. The molecule has 0 saturated carbocycles. The van der Waals surface area contributed by atoms with E-state index >= 15 is 0 Å². The lowest BCUT2D eigenvalue weighted by molar-refractivity contribution is -0.384. The van der Waals surface area contributed by atoms with Crippen molar-refractivity contribution < 1.29 is 14.8 Å². The number of aromatic nitrogens is 2. The minimum Gasteiger partial charge on any atom is -0.480 e. The number of rotatable bonds is 5. The number of aliphatic carboxylic acids is 1. The molecule has 0 amide bonds. The zero-order valence-corrected chi connectivity index (χ0v) is 13.5. The number of nitro benzene ring substituents is 1. The predicted octanol–water partition coefficient (Wildman–Crippen LogP) is 0.846. The molecule has 1 aromatic carbocycles. The van der Waals surface area contributed by atoms with Crippen molar-refractivity contribution in [2.24, 2.45) is 0 Å². The number of aromatic amines is 2. The van der Waals surface area contributed by atoms with E-state index in [1.807, 2.05) is 0 Å². The molecule has 0 bridgehead atoms. The van der Waals surface area contributed by atoms with Gasteiger partial charge in [-0.25, -0.2) is 4.79 Å². The van der Waals surface area contributed by atoms with Crippen molar-refractivity contribution in [3.05, 3.63) is 43.0 Å². The molecule has 0 spiro atoms. The van der Waals surface area contributed by atoms with Crippen LogP contribution in [0.3, 0.4) is 0 Å². The van der Waals surface area contributed by atoms with E-state index in [1.165, 1.54) is 11.9 Å². The van der Waals surface area contributed by atoms with E-state index < -0.39 is 28.1 Å². The lowest BCUT2D eigenvalue weighted by atomic mass is 10.1. The van der Waals surface area contributed by atoms with Crippen LogP contribution < -0.4 is 16.0 Å². The number of fused-ring (bicyclic) bond motifs is 1. The summed E-state index contributed by atoms with van der Waals surface area (Å²) in [7, 11) is 1.45. The number of H-pyrrole nitrogens is 2. The Bertz CT molecular complexity index is 905. The monoisotopic (exact) mass is 358 g/mol. The molecule has 130 valence electrons. The number of halogens is 1. The number of anilines is 1. The summed E-state index contributed by atoms with van der Waals surface area (Å²) >= 11 is 0. The van der Waals surface area contributed by atoms with Crippen LogP contribution in [0.4, 0.5) is 11.4 Å². The highest BCUT2D eigenvalue weighted by Crippen LogP contribution is 2.29. The lowest BCUT2D eigenvalue weighted by Gasteiger charge is -2.26. The quantitative estimate of drug-likeness (QED) is 0.407. The molecule has 0 fully saturated rings. The van der Waals surface area contributed by atoms with Crippen LogP contribution in [-0.2, 0) is 4.79 Å². The number of benzene rings is 1. The van der Waals surface area contributed by atoms with E-state index in [2.05, 4.69) is 9.97 Å². The maximum Gasteiger partial charge on any atom is 0.326 e. The van der Waals surface area contributed by atoms with Gasteiger partial charge in [0.25, 0.3) is 5.69 Å². The highest BCUT2D eigenvalue weighted by molar-refractivity contribution is 5.92. The van der Waals surface area contributed by atoms with E-state index in [1.54, 1.807) is 6.92 Å². The lowest BCUT2D eigenvalue weighted by Crippen LogP contribution is -2.38. The van der Waals surface area contributed by atoms with Gasteiger partial charge in [-0.3, -0.25) is 19.7 Å². The molecular weight excluding hydrogens is 344 g/mol. The SMILES string of the molecule is CCC(C(=O)O)N(C)c1cc([N+](=O)[O-])cc2[nH]c(=O)c(=O)[nH]c12.Cl. The number of nitrogens with one attached hydrogen (secondary N) is 2. The number of hydrogen-bond donors (Lipinski definition) is 3. The first-order valence-electron chi connectivity index (χ1n) is 6.66. The smallest absolute Gasteiger partial charge is 0.326 e. The van der Waals surface area contributed by atoms with Crippen molar-refractivity contribution in [2.45, 2.75) is 19.4 Å². The van der Waals surface area contributed by atoms with Crippen LogP contribution in [0.1, 0.15) is 13.3 Å². The van der Waals surface area contributed by atoms with Crippen molar-refractivity contribution in [2.75, 3.05) is 11.9 Å². The number of carbonyl (C=O) groups is 1. The maximum absolute atomic E-state index is 11.5. The summed E-state index contributed by atoms with van der Waals surface area (Å²) in [6.45, 7) is 1.65. The first-order chi connectivity index (χ1) is 10.8. The first kappa shape index (κ1) is 19.2. The van der Waals surface area contributed by atoms with E-state index in [0.717, 1.165) is 12.1 Å². The van der Waals surface area contributed by atoms with E-state index in [-0.39, 0.29) is 41.2 Å². The Kier molecular flexibility index (Phi) is 5.69. The largest absolute Gasteiger partial charge is 0.480 e. The molecule has 2 rings (SSSR count). The van der Waals surface area contributed by atoms with Gasteiger partial charge in [0.15, 0.2) is 0 Å². The van der Waals surface area contributed by atoms with Crippen LogP contribution in [-0.4, -0.2) is 39.1 Å². The van der Waals surface area contributed by atoms with Crippen LogP contribution in [0.25, 0.3) is 11.0 Å². The molecule has 11 heteroatoms. The molecule has 0 aliphatic carbocycles. The average Bonchev–Trinajstić information content (AvgIpc) is 2.47. The highest BCUT2D eigenvalue weighted by atomic mass is 35.5. The molecule has 1 aromatic heterocycles. The number of hydrogen-bond acceptors (Lipinski definition) is 6. The number of likely N-dealkylation sites (N-methyl/N-ethyl adjacent to an activating group) is 1. The zero-order valence-electron chi connectivity index (χ0n) is 12.7. The highest BCUT2D eigenvalue weighted by Gasteiger charge is 2.25. The van der Waals surface area contributed by atoms with Gasteiger partial charge in [0.2, 0.25) is 0 Å². The fourth-order valence-electron chi connectivity index (χ4n) is 2.36. The Hall–Kier alpha value is -2.88. The summed E-state index contributed by atoms with van der Waals surface area (Å²) in [6, 6.07) is 1.31. The Morgan fingerprint density at radius 1 is 1.33 bits per heavy atom. The Balaban J connectivity index is 0.00000288. The molecular formula is C13H15ClN4O6. The second kappa shape index (κ2) is 7.13. The van der Waals surface area contributed by atoms with E-state index in [9.17, 15) is 29.6 Å². The molecule has 0 aliphatic rings. The normalized spacial score (nSPS) is 11.6. The van der Waals surface area contributed by atoms with E-state index in [4.69, 9.17) is 0 Å². The fourth-order valence-corrected chi connectivity index (χ4v) is 2.36. The van der Waals surface area contributed by atoms with Gasteiger partial charge in [-0.1, -0.05) is 6.92 Å². The molecule has 0 radical (unpaired) electrons. The molecule has 1 unspecified atom stereocenters. The minimum absolute atomic E-state index is 0. The van der Waals surface area contributed by atoms with Crippen molar-refractivity contribution >= 4 is 40.8 Å². The van der Waals surface area contributed by atoms with Gasteiger partial charge in [-0.15, -0.1) is 12.4 Å². The molecule has 1 heterocycles. The maximum atomic E-state index is 11.5. The van der Waals surface area contributed by atoms with Crippen LogP contribution >= 0.6 is 12.4 Å². The number of non-ortho nitro benzene ring substituents is 1. The van der Waals surface area contributed by atoms with Gasteiger partial charge in [-0.05, 0) is 6.42 Å². The Morgan fingerprint density at radius 3 is 2.42 bits per heavy atom. The Labute approximate surface area is 140 Å². The van der Waals surface area contributed by atoms with Crippen LogP contribution in [0, 0.1) is 10.1 Å². The number of nitrogens with zero attached hydrogens (tertiary/aromatic N) is 2. The molecule has 10 nitrogen and oxygen atoms in total. The standard InChI is InChI=1S/C13H14N4O6.ClH/c1-3-8(13(20)21)16(2)9-5-6(17(22)23)4-7-10(9)15-12(19)11(18)14-7;/h4-5,8H,3H2,1-2H3,(H,14,18)(H,15,19)(H,20,21);1H. The third kappa shape index (κ3) is 3.38. The van der Waals surface area contributed by atoms with Gasteiger partial charge in [0.05, 0.1) is 21.6 Å². The van der Waals surface area contributed by atoms with Crippen LogP contribution in [0.2, 0.25) is 0 Å². The third-order valence-electron chi connectivity index (χ3n) is 3.53.